The molecule has 0 fully saturated rings. The molecule has 1 heterocycles. The average molecular weight is 411 g/mol. The molecule has 0 aliphatic carbocycles. The Balaban J connectivity index is 2.61. The lowest BCUT2D eigenvalue weighted by atomic mass is 10.0. The number of hydrogen-bond acceptors (Lipinski definition) is 6. The molecule has 1 aliphatic heterocycles. The molecule has 1 aliphatic rings. The first-order chi connectivity index (χ1) is 13.1. The number of ether oxygens (including phenoxy) is 1. The fourth-order valence-electron chi connectivity index (χ4n) is 3.07. The van der Waals surface area contributed by atoms with Gasteiger partial charge in [-0.25, -0.2) is 8.42 Å². The third kappa shape index (κ3) is 5.25. The van der Waals surface area contributed by atoms with Crippen LogP contribution in [0.25, 0.3) is 0 Å². The quantitative estimate of drug-likeness (QED) is 0.712. The van der Waals surface area contributed by atoms with E-state index < -0.39 is 22.2 Å². The summed E-state index contributed by atoms with van der Waals surface area (Å²) in [7, 11) is 0.0217. The molecule has 1 aromatic carbocycles. The number of aliphatic hydroxyl groups is 2. The summed E-state index contributed by atoms with van der Waals surface area (Å²) in [5, 5.41) is 19.0. The van der Waals surface area contributed by atoms with Crippen LogP contribution in [0.5, 0.6) is 5.75 Å². The molecule has 28 heavy (non-hydrogen) atoms. The molecule has 0 radical (unpaired) electrons. The first-order valence-electron chi connectivity index (χ1n) is 9.34. The predicted molar refractivity (Wildman–Crippen MR) is 108 cm³/mol. The van der Waals surface area contributed by atoms with Crippen molar-refractivity contribution in [2.75, 3.05) is 33.8 Å². The molecule has 0 unspecified atom stereocenters. The summed E-state index contributed by atoms with van der Waals surface area (Å²) in [5.41, 5.74) is 0.563. The van der Waals surface area contributed by atoms with Gasteiger partial charge in [-0.2, -0.15) is 4.31 Å². The smallest absolute Gasteiger partial charge is 0.247 e. The number of fused-ring (bicyclic) bond motifs is 1. The van der Waals surface area contributed by atoms with Crippen LogP contribution in [0.2, 0.25) is 0 Å². The first kappa shape index (κ1) is 22.7. The molecule has 0 bridgehead atoms. The Hall–Kier alpha value is -1.63. The van der Waals surface area contributed by atoms with E-state index in [1.807, 2.05) is 25.9 Å². The van der Waals surface area contributed by atoms with Crippen molar-refractivity contribution in [3.63, 3.8) is 0 Å². The minimum atomic E-state index is -3.85. The monoisotopic (exact) mass is 410 g/mol. The summed E-state index contributed by atoms with van der Waals surface area (Å²) >= 11 is 0. The molecular formula is C20H30N2O5S. The maximum absolute atomic E-state index is 13.3. The van der Waals surface area contributed by atoms with Crippen LogP contribution in [0.4, 0.5) is 0 Å². The second-order valence-electron chi connectivity index (χ2n) is 7.61. The molecule has 0 saturated heterocycles. The third-order valence-corrected chi connectivity index (χ3v) is 6.66. The fourth-order valence-corrected chi connectivity index (χ4v) is 4.89. The zero-order chi connectivity index (χ0) is 21.1. The maximum Gasteiger partial charge on any atom is 0.247 e. The Kier molecular flexibility index (Phi) is 7.48. The molecular weight excluding hydrogens is 380 g/mol. The molecule has 2 rings (SSSR count). The lowest BCUT2D eigenvalue weighted by molar-refractivity contribution is 0.0812. The highest BCUT2D eigenvalue weighted by molar-refractivity contribution is 7.89. The predicted octanol–water partition coefficient (Wildman–Crippen LogP) is 0.749. The van der Waals surface area contributed by atoms with Crippen LogP contribution in [0.15, 0.2) is 23.1 Å². The molecule has 0 aromatic heterocycles. The van der Waals surface area contributed by atoms with Gasteiger partial charge in [-0.1, -0.05) is 18.8 Å². The molecule has 156 valence electrons. The molecule has 7 nitrogen and oxygen atoms in total. The number of hydrogen-bond donors (Lipinski definition) is 2. The highest BCUT2D eigenvalue weighted by Gasteiger charge is 2.37. The van der Waals surface area contributed by atoms with Crippen molar-refractivity contribution in [2.45, 2.75) is 43.9 Å². The van der Waals surface area contributed by atoms with E-state index >= 15 is 0 Å². The molecule has 8 heteroatoms. The van der Waals surface area contributed by atoms with Gasteiger partial charge in [0.15, 0.2) is 0 Å². The highest BCUT2D eigenvalue weighted by atomic mass is 32.2. The Morgan fingerprint density at radius 2 is 2.04 bits per heavy atom. The molecule has 0 spiro atoms. The van der Waals surface area contributed by atoms with Crippen LogP contribution in [0, 0.1) is 17.8 Å². The van der Waals surface area contributed by atoms with Crippen molar-refractivity contribution in [2.24, 2.45) is 5.92 Å². The molecule has 0 amide bonds. The van der Waals surface area contributed by atoms with E-state index in [1.165, 1.54) is 10.4 Å². The van der Waals surface area contributed by atoms with Crippen molar-refractivity contribution < 1.29 is 23.4 Å². The fraction of sp³-hybridized carbons (Fsp3) is 0.600. The van der Waals surface area contributed by atoms with Crippen LogP contribution in [0.3, 0.4) is 0 Å². The van der Waals surface area contributed by atoms with Gasteiger partial charge in [-0.05, 0) is 46.1 Å². The Labute approximate surface area is 168 Å². The van der Waals surface area contributed by atoms with Gasteiger partial charge in [0, 0.05) is 30.6 Å². The van der Waals surface area contributed by atoms with Gasteiger partial charge in [0.2, 0.25) is 10.0 Å². The second kappa shape index (κ2) is 9.25. The number of benzene rings is 1. The molecule has 0 saturated carbocycles. The van der Waals surface area contributed by atoms with Crippen LogP contribution in [0.1, 0.15) is 26.3 Å². The number of rotatable bonds is 4. The number of sulfonamides is 1. The zero-order valence-corrected chi connectivity index (χ0v) is 17.9. The van der Waals surface area contributed by atoms with Crippen LogP contribution < -0.4 is 4.74 Å². The summed E-state index contributed by atoms with van der Waals surface area (Å²) in [6.45, 7) is 5.80. The molecule has 4 atom stereocenters. The summed E-state index contributed by atoms with van der Waals surface area (Å²) in [4.78, 5) is 2.06. The number of aliphatic hydroxyl groups excluding tert-OH is 2. The van der Waals surface area contributed by atoms with Crippen molar-refractivity contribution >= 4 is 10.0 Å². The van der Waals surface area contributed by atoms with E-state index in [9.17, 15) is 18.6 Å². The summed E-state index contributed by atoms with van der Waals surface area (Å²) in [5.74, 6) is 5.64. The van der Waals surface area contributed by atoms with Crippen LogP contribution >= 0.6 is 0 Å². The van der Waals surface area contributed by atoms with Crippen molar-refractivity contribution in [1.29, 1.82) is 0 Å². The standard InChI is InChI=1S/C20H30N2O5S/c1-14-11-22(15(2)13-23)28(25,26)20-9-8-17(7-6-16(3)24)10-18(20)27-19(14)12-21(4)5/h8-10,14-16,19,23-24H,11-13H2,1-5H3/t14-,15-,16-,19-/m1/s1. The van der Waals surface area contributed by atoms with Crippen LogP contribution in [-0.2, 0) is 10.0 Å². The van der Waals surface area contributed by atoms with Gasteiger partial charge in [-0.3, -0.25) is 0 Å². The summed E-state index contributed by atoms with van der Waals surface area (Å²) in [6.07, 6.45) is -1.02. The lowest BCUT2D eigenvalue weighted by Gasteiger charge is -2.37. The van der Waals surface area contributed by atoms with Gasteiger partial charge in [0.05, 0.1) is 6.61 Å². The van der Waals surface area contributed by atoms with Gasteiger partial charge in [0.1, 0.15) is 22.9 Å². The van der Waals surface area contributed by atoms with Crippen molar-refractivity contribution in [3.05, 3.63) is 23.8 Å². The van der Waals surface area contributed by atoms with Crippen molar-refractivity contribution in [1.82, 2.24) is 9.21 Å². The molecule has 2 N–H and O–H groups in total. The summed E-state index contributed by atoms with van der Waals surface area (Å²) < 4.78 is 34.1. The Morgan fingerprint density at radius 1 is 1.36 bits per heavy atom. The van der Waals surface area contributed by atoms with E-state index in [0.29, 0.717) is 12.1 Å². The number of nitrogens with zero attached hydrogens (tertiary/aromatic N) is 2. The third-order valence-electron chi connectivity index (χ3n) is 4.64. The van der Waals surface area contributed by atoms with E-state index in [0.717, 1.165) is 0 Å². The topological polar surface area (TPSA) is 90.3 Å². The van der Waals surface area contributed by atoms with E-state index in [4.69, 9.17) is 4.74 Å². The zero-order valence-electron chi connectivity index (χ0n) is 17.1. The van der Waals surface area contributed by atoms with E-state index in [1.54, 1.807) is 26.0 Å². The van der Waals surface area contributed by atoms with Gasteiger partial charge < -0.3 is 19.8 Å². The van der Waals surface area contributed by atoms with Crippen molar-refractivity contribution in [3.8, 4) is 17.6 Å². The minimum absolute atomic E-state index is 0.0612. The first-order valence-corrected chi connectivity index (χ1v) is 10.8. The highest BCUT2D eigenvalue weighted by Crippen LogP contribution is 2.34. The maximum atomic E-state index is 13.3. The molecule has 1 aromatic rings. The van der Waals surface area contributed by atoms with Gasteiger partial charge in [-0.15, -0.1) is 0 Å². The lowest BCUT2D eigenvalue weighted by Crippen LogP contribution is -2.49. The normalized spacial score (nSPS) is 24.1. The summed E-state index contributed by atoms with van der Waals surface area (Å²) in [6, 6.07) is 4.14. The number of likely N-dealkylation sites (N-methyl/N-ethyl adjacent to an activating group) is 1. The largest absolute Gasteiger partial charge is 0.487 e. The Morgan fingerprint density at radius 3 is 2.61 bits per heavy atom. The average Bonchev–Trinajstić information content (AvgIpc) is 2.61. The SMILES string of the molecule is C[C@@H]1CN([C@H](C)CO)S(=O)(=O)c2ccc(C#C[C@@H](C)O)cc2O[C@@H]1CN(C)C. The Bertz CT molecular complexity index is 842. The van der Waals surface area contributed by atoms with Gasteiger partial charge in [0.25, 0.3) is 0 Å². The minimum Gasteiger partial charge on any atom is -0.487 e. The van der Waals surface area contributed by atoms with E-state index in [2.05, 4.69) is 11.8 Å². The van der Waals surface area contributed by atoms with Crippen LogP contribution in [-0.4, -0.2) is 79.9 Å². The van der Waals surface area contributed by atoms with Gasteiger partial charge >= 0.3 is 0 Å². The second-order valence-corrected chi connectivity index (χ2v) is 9.47. The van der Waals surface area contributed by atoms with E-state index in [-0.39, 0.29) is 35.8 Å².